The minimum absolute atomic E-state index is 0.0539. The molecule has 3 heterocycles. The van der Waals surface area contributed by atoms with Gasteiger partial charge in [0.25, 0.3) is 5.91 Å². The van der Waals surface area contributed by atoms with Gasteiger partial charge in [0.2, 0.25) is 0 Å². The predicted octanol–water partition coefficient (Wildman–Crippen LogP) is 4.52. The maximum atomic E-state index is 12.7. The summed E-state index contributed by atoms with van der Waals surface area (Å²) in [6, 6.07) is 9.91. The van der Waals surface area contributed by atoms with E-state index in [9.17, 15) is 14.7 Å². The number of aryl methyl sites for hydroxylation is 1. The first-order chi connectivity index (χ1) is 17.5. The zero-order valence-corrected chi connectivity index (χ0v) is 22.2. The first-order valence-corrected chi connectivity index (χ1v) is 12.6. The first-order valence-electron chi connectivity index (χ1n) is 12.6. The summed E-state index contributed by atoms with van der Waals surface area (Å²) in [4.78, 5) is 32.1. The third kappa shape index (κ3) is 5.93. The van der Waals surface area contributed by atoms with Crippen LogP contribution in [-0.4, -0.2) is 63.0 Å². The van der Waals surface area contributed by atoms with Crippen molar-refractivity contribution in [2.45, 2.75) is 58.7 Å². The normalized spacial score (nSPS) is 15.9. The van der Waals surface area contributed by atoms with Crippen molar-refractivity contribution in [2.24, 2.45) is 0 Å². The Labute approximate surface area is 218 Å². The van der Waals surface area contributed by atoms with E-state index in [1.165, 1.54) is 4.90 Å². The van der Waals surface area contributed by atoms with E-state index in [1.807, 2.05) is 52.2 Å². The monoisotopic (exact) mass is 504 g/mol. The molecular weight excluding hydrogens is 468 g/mol. The number of rotatable bonds is 6. The van der Waals surface area contributed by atoms with E-state index < -0.39 is 6.09 Å². The number of carbonyl (C=O) groups is 2. The van der Waals surface area contributed by atoms with Gasteiger partial charge in [0.05, 0.1) is 23.5 Å². The van der Waals surface area contributed by atoms with E-state index in [0.717, 1.165) is 47.3 Å². The van der Waals surface area contributed by atoms with Gasteiger partial charge in [0.1, 0.15) is 5.69 Å². The molecule has 0 bridgehead atoms. The third-order valence-electron chi connectivity index (χ3n) is 6.99. The molecule has 2 aromatic heterocycles. The zero-order chi connectivity index (χ0) is 26.7. The summed E-state index contributed by atoms with van der Waals surface area (Å²) < 4.78 is 1.79. The molecule has 2 amide bonds. The van der Waals surface area contributed by atoms with Gasteiger partial charge in [-0.2, -0.15) is 5.10 Å². The Morgan fingerprint density at radius 1 is 1.22 bits per heavy atom. The van der Waals surface area contributed by atoms with E-state index in [4.69, 9.17) is 0 Å². The number of piperidine rings is 1. The number of hydrogen-bond acceptors (Lipinski definition) is 5. The average Bonchev–Trinajstić information content (AvgIpc) is 3.39. The second-order valence-electron chi connectivity index (χ2n) is 10.7. The molecule has 37 heavy (non-hydrogen) atoms. The van der Waals surface area contributed by atoms with Crippen molar-refractivity contribution in [1.82, 2.24) is 25.0 Å². The highest BCUT2D eigenvalue weighted by atomic mass is 16.4. The van der Waals surface area contributed by atoms with Crippen LogP contribution in [0.3, 0.4) is 0 Å². The summed E-state index contributed by atoms with van der Waals surface area (Å²) in [7, 11) is 1.64. The predicted molar refractivity (Wildman–Crippen MR) is 144 cm³/mol. The second-order valence-corrected chi connectivity index (χ2v) is 10.7. The van der Waals surface area contributed by atoms with E-state index in [2.05, 4.69) is 32.4 Å². The van der Waals surface area contributed by atoms with E-state index >= 15 is 0 Å². The van der Waals surface area contributed by atoms with Crippen molar-refractivity contribution in [3.8, 4) is 11.1 Å². The van der Waals surface area contributed by atoms with E-state index in [0.29, 0.717) is 18.8 Å². The molecule has 9 heteroatoms. The van der Waals surface area contributed by atoms with Crippen molar-refractivity contribution in [2.75, 3.05) is 25.0 Å². The molecule has 0 saturated carbocycles. The van der Waals surface area contributed by atoms with Crippen molar-refractivity contribution in [1.29, 1.82) is 0 Å². The molecule has 0 aliphatic carbocycles. The molecule has 2 N–H and O–H groups in total. The lowest BCUT2D eigenvalue weighted by molar-refractivity contribution is 0.0944. The molecule has 1 saturated heterocycles. The van der Waals surface area contributed by atoms with Crippen molar-refractivity contribution < 1.29 is 14.7 Å². The molecule has 196 valence electrons. The number of nitrogens with zero attached hydrogens (tertiary/aromatic N) is 5. The van der Waals surface area contributed by atoms with Gasteiger partial charge in [0.15, 0.2) is 0 Å². The van der Waals surface area contributed by atoms with Gasteiger partial charge in [-0.1, -0.05) is 18.2 Å². The number of aromatic nitrogens is 3. The van der Waals surface area contributed by atoms with E-state index in [-0.39, 0.29) is 17.5 Å². The van der Waals surface area contributed by atoms with Gasteiger partial charge in [-0.3, -0.25) is 14.5 Å². The van der Waals surface area contributed by atoms with Crippen LogP contribution in [0.1, 0.15) is 55.2 Å². The van der Waals surface area contributed by atoms with Gasteiger partial charge in [-0.25, -0.2) is 4.79 Å². The van der Waals surface area contributed by atoms with Gasteiger partial charge >= 0.3 is 6.09 Å². The highest BCUT2D eigenvalue weighted by molar-refractivity contribution is 5.92. The molecule has 1 fully saturated rings. The Morgan fingerprint density at radius 3 is 2.68 bits per heavy atom. The minimum atomic E-state index is -0.904. The molecule has 0 spiro atoms. The van der Waals surface area contributed by atoms with Crippen molar-refractivity contribution in [3.05, 3.63) is 65.7 Å². The summed E-state index contributed by atoms with van der Waals surface area (Å²) in [6.45, 7) is 10.1. The number of hydrogen-bond donors (Lipinski definition) is 2. The van der Waals surface area contributed by atoms with Crippen LogP contribution in [0, 0.1) is 6.92 Å². The van der Waals surface area contributed by atoms with Crippen LogP contribution in [0.15, 0.2) is 48.9 Å². The van der Waals surface area contributed by atoms with E-state index in [1.54, 1.807) is 24.0 Å². The number of carbonyl (C=O) groups excluding carboxylic acids is 1. The van der Waals surface area contributed by atoms with Crippen LogP contribution in [0.5, 0.6) is 0 Å². The fraction of sp³-hybridized carbons (Fsp3) is 0.429. The number of anilines is 1. The molecule has 9 nitrogen and oxygen atoms in total. The molecule has 4 rings (SSSR count). The largest absolute Gasteiger partial charge is 0.465 e. The molecule has 0 radical (unpaired) electrons. The minimum Gasteiger partial charge on any atom is -0.465 e. The summed E-state index contributed by atoms with van der Waals surface area (Å²) in [5.41, 5.74) is 5.44. The lowest BCUT2D eigenvalue weighted by Crippen LogP contribution is -2.48. The fourth-order valence-corrected chi connectivity index (χ4v) is 4.67. The molecule has 1 atom stereocenters. The SMILES string of the molecule is Cc1cc(-c2ccncc2N2CCCC(N(C)C(=O)O)C2)ccc1CNC(=O)c1ccn(C(C)(C)C)n1. The number of amides is 2. The topological polar surface area (TPSA) is 104 Å². The second kappa shape index (κ2) is 10.6. The molecule has 1 aliphatic heterocycles. The lowest BCUT2D eigenvalue weighted by atomic mass is 9.97. The smallest absolute Gasteiger partial charge is 0.407 e. The summed E-state index contributed by atoms with van der Waals surface area (Å²) in [5, 5.41) is 16.8. The average molecular weight is 505 g/mol. The quantitative estimate of drug-likeness (QED) is 0.512. The number of pyridine rings is 1. The Bertz CT molecular complexity index is 1280. The Hall–Kier alpha value is -3.88. The molecule has 1 aromatic carbocycles. The number of likely N-dealkylation sites (N-methyl/N-ethyl adjacent to an activating group) is 1. The van der Waals surface area contributed by atoms with Crippen LogP contribution < -0.4 is 10.2 Å². The van der Waals surface area contributed by atoms with Gasteiger partial charge in [0, 0.05) is 44.6 Å². The molecule has 3 aromatic rings. The van der Waals surface area contributed by atoms with Gasteiger partial charge in [-0.05, 0) is 69.4 Å². The fourth-order valence-electron chi connectivity index (χ4n) is 4.67. The third-order valence-corrected chi connectivity index (χ3v) is 6.99. The highest BCUT2D eigenvalue weighted by Crippen LogP contribution is 2.33. The lowest BCUT2D eigenvalue weighted by Gasteiger charge is -2.38. The Kier molecular flexibility index (Phi) is 7.52. The van der Waals surface area contributed by atoms with Gasteiger partial charge in [-0.15, -0.1) is 0 Å². The standard InChI is InChI=1S/C28H36N6O3/c1-19-15-20(8-9-21(19)16-30-26(35)24-11-14-34(31-24)28(2,3)4)23-10-12-29-17-25(23)33-13-6-7-22(18-33)32(5)27(36)37/h8-12,14-15,17,22H,6-7,13,16,18H2,1-5H3,(H,30,35)(H,36,37). The van der Waals surface area contributed by atoms with Crippen LogP contribution in [-0.2, 0) is 12.1 Å². The summed E-state index contributed by atoms with van der Waals surface area (Å²) >= 11 is 0. The van der Waals surface area contributed by atoms with Gasteiger partial charge < -0.3 is 20.2 Å². The van der Waals surface area contributed by atoms with Crippen LogP contribution in [0.4, 0.5) is 10.5 Å². The highest BCUT2D eigenvalue weighted by Gasteiger charge is 2.27. The van der Waals surface area contributed by atoms with Crippen molar-refractivity contribution in [3.63, 3.8) is 0 Å². The van der Waals surface area contributed by atoms with Crippen LogP contribution in [0.2, 0.25) is 0 Å². The Balaban J connectivity index is 1.48. The van der Waals surface area contributed by atoms with Crippen molar-refractivity contribution >= 4 is 17.7 Å². The zero-order valence-electron chi connectivity index (χ0n) is 22.2. The number of carboxylic acid groups (broad SMARTS) is 1. The molecule has 1 aliphatic rings. The molecular formula is C28H36N6O3. The maximum absolute atomic E-state index is 12.7. The van der Waals surface area contributed by atoms with Crippen LogP contribution >= 0.6 is 0 Å². The summed E-state index contributed by atoms with van der Waals surface area (Å²) in [5.74, 6) is -0.200. The first kappa shape index (κ1) is 26.2. The molecule has 1 unspecified atom stereocenters. The maximum Gasteiger partial charge on any atom is 0.407 e. The van der Waals surface area contributed by atoms with Crippen LogP contribution in [0.25, 0.3) is 11.1 Å². The Morgan fingerprint density at radius 2 is 2.00 bits per heavy atom. The number of nitrogens with one attached hydrogen (secondary N) is 1. The summed E-state index contributed by atoms with van der Waals surface area (Å²) in [6.07, 6.45) is 6.33. The number of benzene rings is 1.